The molecule has 3 aliphatic rings. The first-order valence-electron chi connectivity index (χ1n) is 8.12. The fourth-order valence-electron chi connectivity index (χ4n) is 3.87. The molecule has 0 unspecified atom stereocenters. The predicted molar refractivity (Wildman–Crippen MR) is 87.5 cm³/mol. The second-order valence-corrected chi connectivity index (χ2v) is 6.63. The van der Waals surface area contributed by atoms with Gasteiger partial charge in [0.2, 0.25) is 0 Å². The standard InChI is InChI=1S/C20H22O2/c1-21-19-10-9-17(20-12-18(13-20)22-14-20)11-16(19)8-7-15-5-3-2-4-6-15/h2-6,9-11,18H,7-8,12-14H2,1H3. The summed E-state index contributed by atoms with van der Waals surface area (Å²) in [5.41, 5.74) is 4.41. The van der Waals surface area contributed by atoms with E-state index in [0.29, 0.717) is 11.5 Å². The van der Waals surface area contributed by atoms with Gasteiger partial charge < -0.3 is 9.47 Å². The molecule has 1 aliphatic carbocycles. The summed E-state index contributed by atoms with van der Waals surface area (Å²) in [7, 11) is 1.76. The maximum absolute atomic E-state index is 5.78. The lowest BCUT2D eigenvalue weighted by molar-refractivity contribution is 0.123. The summed E-state index contributed by atoms with van der Waals surface area (Å²) in [5, 5.41) is 0. The molecule has 2 saturated heterocycles. The van der Waals surface area contributed by atoms with Gasteiger partial charge in [0, 0.05) is 5.41 Å². The Bertz CT molecular complexity index is 651. The summed E-state index contributed by atoms with van der Waals surface area (Å²) in [4.78, 5) is 0. The second-order valence-electron chi connectivity index (χ2n) is 6.63. The molecule has 0 aromatic heterocycles. The molecule has 2 aromatic carbocycles. The molecular formula is C20H22O2. The van der Waals surface area contributed by atoms with E-state index in [1.54, 1.807) is 7.11 Å². The average molecular weight is 294 g/mol. The van der Waals surface area contributed by atoms with Crippen LogP contribution in [-0.4, -0.2) is 19.8 Å². The number of aryl methyl sites for hydroxylation is 2. The Kier molecular flexibility index (Phi) is 3.42. The fraction of sp³-hybridized carbons (Fsp3) is 0.400. The maximum atomic E-state index is 5.78. The zero-order valence-electron chi connectivity index (χ0n) is 13.0. The Hall–Kier alpha value is -1.80. The van der Waals surface area contributed by atoms with Gasteiger partial charge >= 0.3 is 0 Å². The second kappa shape index (κ2) is 5.44. The van der Waals surface area contributed by atoms with E-state index in [9.17, 15) is 0 Å². The summed E-state index contributed by atoms with van der Waals surface area (Å²) in [5.74, 6) is 1.01. The van der Waals surface area contributed by atoms with Crippen molar-refractivity contribution in [2.75, 3.05) is 13.7 Å². The van der Waals surface area contributed by atoms with E-state index in [-0.39, 0.29) is 0 Å². The van der Waals surface area contributed by atoms with Crippen molar-refractivity contribution < 1.29 is 9.47 Å². The van der Waals surface area contributed by atoms with Gasteiger partial charge in [-0.15, -0.1) is 0 Å². The number of hydrogen-bond donors (Lipinski definition) is 0. The lowest BCUT2D eigenvalue weighted by Crippen LogP contribution is -2.37. The minimum absolute atomic E-state index is 0.290. The summed E-state index contributed by atoms with van der Waals surface area (Å²) < 4.78 is 11.3. The molecule has 22 heavy (non-hydrogen) atoms. The molecule has 0 N–H and O–H groups in total. The normalized spacial score (nSPS) is 25.8. The highest BCUT2D eigenvalue weighted by molar-refractivity contribution is 5.43. The number of methoxy groups -OCH3 is 1. The van der Waals surface area contributed by atoms with Crippen molar-refractivity contribution >= 4 is 0 Å². The smallest absolute Gasteiger partial charge is 0.122 e. The summed E-state index contributed by atoms with van der Waals surface area (Å²) >= 11 is 0. The Morgan fingerprint density at radius 2 is 1.91 bits per heavy atom. The first-order chi connectivity index (χ1) is 10.8. The van der Waals surface area contributed by atoms with Crippen LogP contribution in [0.2, 0.25) is 0 Å². The van der Waals surface area contributed by atoms with E-state index in [4.69, 9.17) is 9.47 Å². The Morgan fingerprint density at radius 1 is 1.09 bits per heavy atom. The Balaban J connectivity index is 1.57. The van der Waals surface area contributed by atoms with Gasteiger partial charge in [-0.25, -0.2) is 0 Å². The molecule has 2 aliphatic heterocycles. The topological polar surface area (TPSA) is 18.5 Å². The monoisotopic (exact) mass is 294 g/mol. The molecule has 2 heterocycles. The molecule has 1 saturated carbocycles. The van der Waals surface area contributed by atoms with Gasteiger partial charge in [-0.1, -0.05) is 42.5 Å². The number of rotatable bonds is 5. The number of benzene rings is 2. The first-order valence-corrected chi connectivity index (χ1v) is 8.12. The van der Waals surface area contributed by atoms with Crippen LogP contribution in [0, 0.1) is 0 Å². The lowest BCUT2D eigenvalue weighted by atomic mass is 9.65. The van der Waals surface area contributed by atoms with Crippen LogP contribution < -0.4 is 4.74 Å². The van der Waals surface area contributed by atoms with E-state index >= 15 is 0 Å². The molecule has 114 valence electrons. The summed E-state index contributed by atoms with van der Waals surface area (Å²) in [6.07, 6.45) is 4.96. The van der Waals surface area contributed by atoms with Crippen LogP contribution in [0.5, 0.6) is 5.75 Å². The molecule has 0 spiro atoms. The van der Waals surface area contributed by atoms with Crippen LogP contribution in [0.1, 0.15) is 29.5 Å². The molecule has 3 fully saturated rings. The molecule has 5 rings (SSSR count). The third-order valence-electron chi connectivity index (χ3n) is 5.25. The number of hydrogen-bond acceptors (Lipinski definition) is 2. The van der Waals surface area contributed by atoms with Crippen molar-refractivity contribution in [1.82, 2.24) is 0 Å². The van der Waals surface area contributed by atoms with Crippen molar-refractivity contribution in [2.45, 2.75) is 37.2 Å². The van der Waals surface area contributed by atoms with E-state index in [1.165, 1.54) is 29.5 Å². The molecule has 0 atom stereocenters. The van der Waals surface area contributed by atoms with E-state index in [2.05, 4.69) is 48.5 Å². The molecule has 2 aromatic rings. The minimum Gasteiger partial charge on any atom is -0.496 e. The quantitative estimate of drug-likeness (QED) is 0.832. The highest BCUT2D eigenvalue weighted by Gasteiger charge is 2.52. The number of fused-ring (bicyclic) bond motifs is 1. The van der Waals surface area contributed by atoms with Gasteiger partial charge in [0.15, 0.2) is 0 Å². The highest BCUT2D eigenvalue weighted by atomic mass is 16.5. The zero-order chi connectivity index (χ0) is 15.0. The van der Waals surface area contributed by atoms with Crippen molar-refractivity contribution in [3.05, 3.63) is 65.2 Å². The molecule has 2 heteroatoms. The Labute approximate surface area is 132 Å². The van der Waals surface area contributed by atoms with Crippen molar-refractivity contribution in [3.8, 4) is 5.75 Å². The SMILES string of the molecule is COc1ccc(C23COC(C2)C3)cc1CCc1ccccc1. The van der Waals surface area contributed by atoms with Gasteiger partial charge in [-0.2, -0.15) is 0 Å². The van der Waals surface area contributed by atoms with Crippen LogP contribution in [0.4, 0.5) is 0 Å². The van der Waals surface area contributed by atoms with Crippen molar-refractivity contribution in [1.29, 1.82) is 0 Å². The van der Waals surface area contributed by atoms with Crippen LogP contribution in [-0.2, 0) is 23.0 Å². The van der Waals surface area contributed by atoms with Crippen LogP contribution in [0.3, 0.4) is 0 Å². The largest absolute Gasteiger partial charge is 0.496 e. The fourth-order valence-corrected chi connectivity index (χ4v) is 3.87. The van der Waals surface area contributed by atoms with Crippen LogP contribution in [0.15, 0.2) is 48.5 Å². The third kappa shape index (κ3) is 2.32. The van der Waals surface area contributed by atoms with Crippen LogP contribution >= 0.6 is 0 Å². The van der Waals surface area contributed by atoms with Crippen LogP contribution in [0.25, 0.3) is 0 Å². The van der Waals surface area contributed by atoms with Gasteiger partial charge in [0.05, 0.1) is 19.8 Å². The number of ether oxygens (including phenoxy) is 2. The Morgan fingerprint density at radius 3 is 2.59 bits per heavy atom. The van der Waals surface area contributed by atoms with Gasteiger partial charge in [0.25, 0.3) is 0 Å². The molecular weight excluding hydrogens is 272 g/mol. The molecule has 0 amide bonds. The highest BCUT2D eigenvalue weighted by Crippen LogP contribution is 2.52. The van der Waals surface area contributed by atoms with Crippen molar-refractivity contribution in [3.63, 3.8) is 0 Å². The summed E-state index contributed by atoms with van der Waals surface area (Å²) in [6, 6.07) is 17.4. The van der Waals surface area contributed by atoms with E-state index in [0.717, 1.165) is 25.2 Å². The zero-order valence-corrected chi connectivity index (χ0v) is 13.0. The average Bonchev–Trinajstić information content (AvgIpc) is 3.15. The molecule has 2 nitrogen and oxygen atoms in total. The van der Waals surface area contributed by atoms with Crippen molar-refractivity contribution in [2.24, 2.45) is 0 Å². The summed E-state index contributed by atoms with van der Waals surface area (Å²) in [6.45, 7) is 0.891. The molecule has 0 radical (unpaired) electrons. The van der Waals surface area contributed by atoms with E-state index < -0.39 is 0 Å². The maximum Gasteiger partial charge on any atom is 0.122 e. The predicted octanol–water partition coefficient (Wildman–Crippen LogP) is 3.91. The van der Waals surface area contributed by atoms with Gasteiger partial charge in [-0.05, 0) is 48.4 Å². The first kappa shape index (κ1) is 13.8. The molecule has 2 bridgehead atoms. The minimum atomic E-state index is 0.290. The van der Waals surface area contributed by atoms with Gasteiger partial charge in [0.1, 0.15) is 5.75 Å². The van der Waals surface area contributed by atoms with E-state index in [1.807, 2.05) is 0 Å². The van der Waals surface area contributed by atoms with Gasteiger partial charge in [-0.3, -0.25) is 0 Å². The third-order valence-corrected chi connectivity index (χ3v) is 5.25. The lowest BCUT2D eigenvalue weighted by Gasteiger charge is -2.36.